The van der Waals surface area contributed by atoms with Gasteiger partial charge in [-0.1, -0.05) is 6.92 Å². The van der Waals surface area contributed by atoms with E-state index >= 15 is 0 Å². The maximum atomic E-state index is 13.5. The lowest BCUT2D eigenvalue weighted by molar-refractivity contribution is 0.457. The molecule has 0 unspecified atom stereocenters. The van der Waals surface area contributed by atoms with Crippen LogP contribution in [0.1, 0.15) is 18.9 Å². The van der Waals surface area contributed by atoms with Crippen LogP contribution in [0.3, 0.4) is 0 Å². The van der Waals surface area contributed by atoms with E-state index in [-0.39, 0.29) is 11.3 Å². The maximum absolute atomic E-state index is 13.5. The molecule has 0 fully saturated rings. The number of nitrogens with zero attached hydrogens (tertiary/aromatic N) is 3. The number of nitrogens with one attached hydrogen (secondary N) is 1. The van der Waals surface area contributed by atoms with Crippen molar-refractivity contribution in [2.45, 2.75) is 13.3 Å². The third-order valence-corrected chi connectivity index (χ3v) is 2.45. The molecule has 5 nitrogen and oxygen atoms in total. The fraction of sp³-hybridized carbons (Fsp3) is 0.214. The maximum Gasteiger partial charge on any atom is 0.225 e. The number of hydrogen-bond donors (Lipinski definition) is 1. The SMILES string of the molecule is CCCNc1nccc(Oc2ccc(C#N)c(F)c2)n1. The molecule has 0 aliphatic rings. The number of halogens is 1. The molecule has 2 rings (SSSR count). The number of nitriles is 1. The van der Waals surface area contributed by atoms with Crippen LogP contribution in [0.15, 0.2) is 30.5 Å². The minimum atomic E-state index is -0.622. The first-order valence-corrected chi connectivity index (χ1v) is 6.17. The number of ether oxygens (including phenoxy) is 1. The number of anilines is 1. The monoisotopic (exact) mass is 272 g/mol. The Morgan fingerprint density at radius 1 is 1.40 bits per heavy atom. The Balaban J connectivity index is 2.13. The van der Waals surface area contributed by atoms with Gasteiger partial charge in [-0.2, -0.15) is 10.2 Å². The van der Waals surface area contributed by atoms with Gasteiger partial charge in [-0.05, 0) is 18.6 Å². The van der Waals surface area contributed by atoms with E-state index < -0.39 is 5.82 Å². The van der Waals surface area contributed by atoms with Crippen molar-refractivity contribution in [3.8, 4) is 17.7 Å². The molecule has 1 aromatic carbocycles. The predicted octanol–water partition coefficient (Wildman–Crippen LogP) is 3.10. The molecule has 102 valence electrons. The first-order valence-electron chi connectivity index (χ1n) is 6.17. The van der Waals surface area contributed by atoms with E-state index in [1.54, 1.807) is 18.3 Å². The number of rotatable bonds is 5. The van der Waals surface area contributed by atoms with E-state index in [1.165, 1.54) is 12.1 Å². The van der Waals surface area contributed by atoms with Gasteiger partial charge < -0.3 is 10.1 Å². The molecule has 6 heteroatoms. The highest BCUT2D eigenvalue weighted by molar-refractivity contribution is 5.38. The second-order valence-electron chi connectivity index (χ2n) is 4.00. The van der Waals surface area contributed by atoms with Crippen molar-refractivity contribution in [3.63, 3.8) is 0 Å². The topological polar surface area (TPSA) is 70.8 Å². The van der Waals surface area contributed by atoms with Gasteiger partial charge >= 0.3 is 0 Å². The average Bonchev–Trinajstić information content (AvgIpc) is 2.46. The van der Waals surface area contributed by atoms with Crippen LogP contribution in [0.5, 0.6) is 11.6 Å². The number of aromatic nitrogens is 2. The van der Waals surface area contributed by atoms with Crippen molar-refractivity contribution in [2.75, 3.05) is 11.9 Å². The summed E-state index contributed by atoms with van der Waals surface area (Å²) < 4.78 is 18.9. The lowest BCUT2D eigenvalue weighted by Crippen LogP contribution is -2.04. The molecule has 0 saturated heterocycles. The normalized spacial score (nSPS) is 9.85. The summed E-state index contributed by atoms with van der Waals surface area (Å²) in [6.45, 7) is 2.79. The molecular weight excluding hydrogens is 259 g/mol. The van der Waals surface area contributed by atoms with Crippen molar-refractivity contribution >= 4 is 5.95 Å². The number of hydrogen-bond acceptors (Lipinski definition) is 5. The lowest BCUT2D eigenvalue weighted by Gasteiger charge is -2.07. The molecule has 0 bridgehead atoms. The van der Waals surface area contributed by atoms with Crippen LogP contribution in [0.2, 0.25) is 0 Å². The van der Waals surface area contributed by atoms with Gasteiger partial charge in [-0.25, -0.2) is 9.37 Å². The zero-order valence-corrected chi connectivity index (χ0v) is 10.9. The standard InChI is InChI=1S/C14H13FN4O/c1-2-6-17-14-18-7-5-13(19-14)20-11-4-3-10(9-16)12(15)8-11/h3-5,7-8H,2,6H2,1H3,(H,17,18,19). The quantitative estimate of drug-likeness (QED) is 0.905. The van der Waals surface area contributed by atoms with Gasteiger partial charge in [0.15, 0.2) is 0 Å². The fourth-order valence-electron chi connectivity index (χ4n) is 1.49. The molecule has 0 aliphatic heterocycles. The summed E-state index contributed by atoms with van der Waals surface area (Å²) >= 11 is 0. The summed E-state index contributed by atoms with van der Waals surface area (Å²) in [5.74, 6) is 0.422. The zero-order chi connectivity index (χ0) is 14.4. The van der Waals surface area contributed by atoms with Crippen LogP contribution < -0.4 is 10.1 Å². The Morgan fingerprint density at radius 3 is 2.95 bits per heavy atom. The highest BCUT2D eigenvalue weighted by Gasteiger charge is 2.06. The van der Waals surface area contributed by atoms with Crippen LogP contribution in [0.25, 0.3) is 0 Å². The first-order chi connectivity index (χ1) is 9.72. The molecular formula is C14H13FN4O. The molecule has 0 spiro atoms. The molecule has 0 radical (unpaired) electrons. The minimum absolute atomic E-state index is 0.0228. The smallest absolute Gasteiger partial charge is 0.225 e. The van der Waals surface area contributed by atoms with E-state index in [1.807, 2.05) is 6.92 Å². The summed E-state index contributed by atoms with van der Waals surface area (Å²) in [6.07, 6.45) is 2.51. The van der Waals surface area contributed by atoms with Gasteiger partial charge in [0.05, 0.1) is 5.56 Å². The van der Waals surface area contributed by atoms with E-state index in [2.05, 4.69) is 15.3 Å². The zero-order valence-electron chi connectivity index (χ0n) is 10.9. The summed E-state index contributed by atoms with van der Waals surface area (Å²) in [5.41, 5.74) is -0.0228. The fourth-order valence-corrected chi connectivity index (χ4v) is 1.49. The first kappa shape index (κ1) is 13.7. The average molecular weight is 272 g/mol. The van der Waals surface area contributed by atoms with E-state index in [9.17, 15) is 4.39 Å². The van der Waals surface area contributed by atoms with Crippen molar-refractivity contribution in [2.24, 2.45) is 0 Å². The van der Waals surface area contributed by atoms with Gasteiger partial charge in [0.1, 0.15) is 17.6 Å². The largest absolute Gasteiger partial charge is 0.439 e. The molecule has 2 aromatic rings. The molecule has 1 N–H and O–H groups in total. The van der Waals surface area contributed by atoms with Crippen molar-refractivity contribution in [3.05, 3.63) is 41.8 Å². The highest BCUT2D eigenvalue weighted by atomic mass is 19.1. The Labute approximate surface area is 116 Å². The van der Waals surface area contributed by atoms with Gasteiger partial charge in [-0.15, -0.1) is 0 Å². The van der Waals surface area contributed by atoms with Crippen LogP contribution in [-0.2, 0) is 0 Å². The van der Waals surface area contributed by atoms with E-state index in [0.717, 1.165) is 19.0 Å². The Morgan fingerprint density at radius 2 is 2.25 bits per heavy atom. The predicted molar refractivity (Wildman–Crippen MR) is 72.0 cm³/mol. The molecule has 0 aliphatic carbocycles. The van der Waals surface area contributed by atoms with Crippen molar-refractivity contribution in [1.29, 1.82) is 5.26 Å². The van der Waals surface area contributed by atoms with E-state index in [0.29, 0.717) is 11.8 Å². The van der Waals surface area contributed by atoms with Crippen LogP contribution >= 0.6 is 0 Å². The third-order valence-electron chi connectivity index (χ3n) is 2.45. The van der Waals surface area contributed by atoms with Crippen LogP contribution in [-0.4, -0.2) is 16.5 Å². The molecule has 20 heavy (non-hydrogen) atoms. The Kier molecular flexibility index (Phi) is 4.45. The van der Waals surface area contributed by atoms with Gasteiger partial charge in [0.25, 0.3) is 0 Å². The summed E-state index contributed by atoms with van der Waals surface area (Å²) in [7, 11) is 0. The van der Waals surface area contributed by atoms with Gasteiger partial charge in [0, 0.05) is 24.9 Å². The molecule has 1 aromatic heterocycles. The molecule has 0 amide bonds. The Bertz CT molecular complexity index is 639. The third kappa shape index (κ3) is 3.42. The summed E-state index contributed by atoms with van der Waals surface area (Å²) in [6, 6.07) is 7.36. The van der Waals surface area contributed by atoms with Gasteiger partial charge in [-0.3, -0.25) is 0 Å². The highest BCUT2D eigenvalue weighted by Crippen LogP contribution is 2.22. The van der Waals surface area contributed by atoms with Crippen LogP contribution in [0, 0.1) is 17.1 Å². The molecule has 1 heterocycles. The van der Waals surface area contributed by atoms with Crippen LogP contribution in [0.4, 0.5) is 10.3 Å². The number of benzene rings is 1. The van der Waals surface area contributed by atoms with E-state index in [4.69, 9.17) is 10.00 Å². The Hall–Kier alpha value is -2.68. The summed E-state index contributed by atoms with van der Waals surface area (Å²) in [5, 5.41) is 11.7. The molecule has 0 atom stereocenters. The second kappa shape index (κ2) is 6.48. The van der Waals surface area contributed by atoms with Crippen molar-refractivity contribution in [1.82, 2.24) is 9.97 Å². The minimum Gasteiger partial charge on any atom is -0.439 e. The van der Waals surface area contributed by atoms with Crippen molar-refractivity contribution < 1.29 is 9.13 Å². The van der Waals surface area contributed by atoms with Gasteiger partial charge in [0.2, 0.25) is 11.8 Å². The summed E-state index contributed by atoms with van der Waals surface area (Å²) in [4.78, 5) is 8.19. The molecule has 0 saturated carbocycles. The lowest BCUT2D eigenvalue weighted by atomic mass is 10.2. The second-order valence-corrected chi connectivity index (χ2v) is 4.00.